The van der Waals surface area contributed by atoms with Crippen molar-refractivity contribution in [3.8, 4) is 5.88 Å². The highest BCUT2D eigenvalue weighted by atomic mass is 79.9. The molecular weight excluding hydrogens is 304 g/mol. The second-order valence-electron chi connectivity index (χ2n) is 4.47. The number of hydrogen-bond donors (Lipinski definition) is 1. The van der Waals surface area contributed by atoms with Gasteiger partial charge in [-0.1, -0.05) is 28.1 Å². The van der Waals surface area contributed by atoms with Crippen molar-refractivity contribution in [1.82, 2.24) is 4.98 Å². The van der Waals surface area contributed by atoms with E-state index in [1.165, 1.54) is 5.56 Å². The fourth-order valence-corrected chi connectivity index (χ4v) is 2.16. The molecule has 0 aliphatic carbocycles. The third kappa shape index (κ3) is 4.24. The Morgan fingerprint density at radius 3 is 2.53 bits per heavy atom. The molecule has 0 bridgehead atoms. The molecule has 1 aromatic heterocycles. The molecule has 0 aliphatic rings. The van der Waals surface area contributed by atoms with Gasteiger partial charge in [-0.2, -0.15) is 0 Å². The highest BCUT2D eigenvalue weighted by Crippen LogP contribution is 2.15. The van der Waals surface area contributed by atoms with E-state index in [-0.39, 0.29) is 0 Å². The molecule has 0 saturated carbocycles. The van der Waals surface area contributed by atoms with Crippen molar-refractivity contribution in [2.45, 2.75) is 19.4 Å². The molecule has 2 aromatic rings. The van der Waals surface area contributed by atoms with Crippen molar-refractivity contribution < 1.29 is 4.74 Å². The average Bonchev–Trinajstić information content (AvgIpc) is 2.42. The number of nitrogens with zero attached hydrogens (tertiary/aromatic N) is 1. The van der Waals surface area contributed by atoms with Gasteiger partial charge in [-0.15, -0.1) is 0 Å². The van der Waals surface area contributed by atoms with Gasteiger partial charge in [0.1, 0.15) is 0 Å². The first-order chi connectivity index (χ1) is 9.17. The van der Waals surface area contributed by atoms with E-state index in [4.69, 9.17) is 4.74 Å². The molecule has 0 radical (unpaired) electrons. The number of nitrogens with one attached hydrogen (secondary N) is 1. The number of methoxy groups -OCH3 is 1. The van der Waals surface area contributed by atoms with Crippen molar-refractivity contribution >= 4 is 21.6 Å². The predicted octanol–water partition coefficient (Wildman–Crippen LogP) is 3.90. The van der Waals surface area contributed by atoms with Crippen LogP contribution >= 0.6 is 15.9 Å². The summed E-state index contributed by atoms with van der Waals surface area (Å²) in [6.45, 7) is 2.16. The zero-order valence-electron chi connectivity index (χ0n) is 11.1. The number of rotatable bonds is 5. The van der Waals surface area contributed by atoms with Crippen LogP contribution in [0.4, 0.5) is 5.69 Å². The topological polar surface area (TPSA) is 34.1 Å². The molecule has 0 aliphatic heterocycles. The smallest absolute Gasteiger partial charge is 0.213 e. The third-order valence-corrected chi connectivity index (χ3v) is 3.34. The largest absolute Gasteiger partial charge is 0.481 e. The fraction of sp³-hybridized carbons (Fsp3) is 0.267. The monoisotopic (exact) mass is 320 g/mol. The Hall–Kier alpha value is -1.55. The van der Waals surface area contributed by atoms with Gasteiger partial charge in [0, 0.05) is 16.6 Å². The van der Waals surface area contributed by atoms with Crippen molar-refractivity contribution in [2.75, 3.05) is 12.4 Å². The summed E-state index contributed by atoms with van der Waals surface area (Å²) in [5.74, 6) is 0.631. The summed E-state index contributed by atoms with van der Waals surface area (Å²) >= 11 is 3.44. The van der Waals surface area contributed by atoms with E-state index in [0.29, 0.717) is 11.9 Å². The maximum Gasteiger partial charge on any atom is 0.213 e. The van der Waals surface area contributed by atoms with E-state index in [9.17, 15) is 0 Å². The molecule has 0 spiro atoms. The van der Waals surface area contributed by atoms with Gasteiger partial charge in [0.25, 0.3) is 0 Å². The molecule has 1 unspecified atom stereocenters. The normalized spacial score (nSPS) is 11.9. The molecule has 3 nitrogen and oxygen atoms in total. The van der Waals surface area contributed by atoms with Crippen LogP contribution in [0.1, 0.15) is 12.5 Å². The van der Waals surface area contributed by atoms with Crippen LogP contribution in [-0.4, -0.2) is 18.1 Å². The number of benzene rings is 1. The van der Waals surface area contributed by atoms with Crippen LogP contribution in [0, 0.1) is 0 Å². The number of ether oxygens (including phenoxy) is 1. The minimum Gasteiger partial charge on any atom is -0.481 e. The van der Waals surface area contributed by atoms with Crippen molar-refractivity contribution in [1.29, 1.82) is 0 Å². The van der Waals surface area contributed by atoms with Crippen LogP contribution in [-0.2, 0) is 6.42 Å². The molecule has 100 valence electrons. The number of anilines is 1. The van der Waals surface area contributed by atoms with Crippen molar-refractivity contribution in [2.24, 2.45) is 0 Å². The summed E-state index contributed by atoms with van der Waals surface area (Å²) in [6, 6.07) is 12.6. The van der Waals surface area contributed by atoms with E-state index in [2.05, 4.69) is 57.4 Å². The lowest BCUT2D eigenvalue weighted by Gasteiger charge is -2.15. The Labute approximate surface area is 122 Å². The van der Waals surface area contributed by atoms with Gasteiger partial charge in [0.15, 0.2) is 0 Å². The Morgan fingerprint density at radius 1 is 1.21 bits per heavy atom. The minimum absolute atomic E-state index is 0.344. The third-order valence-electron chi connectivity index (χ3n) is 2.81. The van der Waals surface area contributed by atoms with Crippen LogP contribution < -0.4 is 10.1 Å². The zero-order valence-corrected chi connectivity index (χ0v) is 12.6. The highest BCUT2D eigenvalue weighted by Gasteiger charge is 2.04. The SMILES string of the molecule is COc1ccc(NC(C)Cc2ccc(Br)cc2)cn1. The first-order valence-corrected chi connectivity index (χ1v) is 6.97. The van der Waals surface area contributed by atoms with Gasteiger partial charge >= 0.3 is 0 Å². The van der Waals surface area contributed by atoms with Crippen molar-refractivity contribution in [3.63, 3.8) is 0 Å². The predicted molar refractivity (Wildman–Crippen MR) is 81.7 cm³/mol. The number of aromatic nitrogens is 1. The number of pyridine rings is 1. The van der Waals surface area contributed by atoms with Crippen molar-refractivity contribution in [3.05, 3.63) is 52.6 Å². The quantitative estimate of drug-likeness (QED) is 0.907. The maximum absolute atomic E-state index is 5.04. The Bertz CT molecular complexity index is 511. The second kappa shape index (κ2) is 6.57. The minimum atomic E-state index is 0.344. The van der Waals surface area contributed by atoms with Gasteiger partial charge < -0.3 is 10.1 Å². The Kier molecular flexibility index (Phi) is 4.80. The lowest BCUT2D eigenvalue weighted by atomic mass is 10.1. The summed E-state index contributed by atoms with van der Waals surface area (Å²) in [6.07, 6.45) is 2.76. The molecule has 1 aromatic carbocycles. The molecule has 2 rings (SSSR count). The number of halogens is 1. The molecule has 0 fully saturated rings. The summed E-state index contributed by atoms with van der Waals surface area (Å²) < 4.78 is 6.15. The first kappa shape index (κ1) is 13.9. The van der Waals surface area contributed by atoms with E-state index in [1.54, 1.807) is 13.3 Å². The summed E-state index contributed by atoms with van der Waals surface area (Å²) in [7, 11) is 1.62. The lowest BCUT2D eigenvalue weighted by molar-refractivity contribution is 0.398. The van der Waals surface area contributed by atoms with Crippen LogP contribution in [0.3, 0.4) is 0 Å². The molecule has 1 N–H and O–H groups in total. The van der Waals surface area contributed by atoms with Gasteiger partial charge in [0.2, 0.25) is 5.88 Å². The zero-order chi connectivity index (χ0) is 13.7. The maximum atomic E-state index is 5.04. The van der Waals surface area contributed by atoms with E-state index >= 15 is 0 Å². The standard InChI is InChI=1S/C15H17BrN2O/c1-11(9-12-3-5-13(16)6-4-12)18-14-7-8-15(19-2)17-10-14/h3-8,10-11,18H,9H2,1-2H3. The van der Waals surface area contributed by atoms with E-state index in [1.807, 2.05) is 12.1 Å². The van der Waals surface area contributed by atoms with E-state index < -0.39 is 0 Å². The van der Waals surface area contributed by atoms with Crippen LogP contribution in [0.15, 0.2) is 47.1 Å². The highest BCUT2D eigenvalue weighted by molar-refractivity contribution is 9.10. The summed E-state index contributed by atoms with van der Waals surface area (Å²) in [4.78, 5) is 4.18. The molecule has 0 saturated heterocycles. The summed E-state index contributed by atoms with van der Waals surface area (Å²) in [5.41, 5.74) is 2.31. The van der Waals surface area contributed by atoms with Crippen LogP contribution in [0.2, 0.25) is 0 Å². The van der Waals surface area contributed by atoms with Crippen LogP contribution in [0.25, 0.3) is 0 Å². The molecule has 1 atom stereocenters. The van der Waals surface area contributed by atoms with E-state index in [0.717, 1.165) is 16.6 Å². The summed E-state index contributed by atoms with van der Waals surface area (Å²) in [5, 5.41) is 3.43. The van der Waals surface area contributed by atoms with Crippen LogP contribution in [0.5, 0.6) is 5.88 Å². The Balaban J connectivity index is 1.92. The lowest BCUT2D eigenvalue weighted by Crippen LogP contribution is -2.18. The second-order valence-corrected chi connectivity index (χ2v) is 5.38. The van der Waals surface area contributed by atoms with Gasteiger partial charge in [-0.05, 0) is 37.1 Å². The molecule has 0 amide bonds. The molecular formula is C15H17BrN2O. The number of hydrogen-bond acceptors (Lipinski definition) is 3. The fourth-order valence-electron chi connectivity index (χ4n) is 1.90. The molecule has 19 heavy (non-hydrogen) atoms. The average molecular weight is 321 g/mol. The molecule has 1 heterocycles. The van der Waals surface area contributed by atoms with Gasteiger partial charge in [-0.3, -0.25) is 0 Å². The molecule has 4 heteroatoms. The van der Waals surface area contributed by atoms with Gasteiger partial charge in [-0.25, -0.2) is 4.98 Å². The Morgan fingerprint density at radius 2 is 1.95 bits per heavy atom. The van der Waals surface area contributed by atoms with Gasteiger partial charge in [0.05, 0.1) is 19.0 Å². The first-order valence-electron chi connectivity index (χ1n) is 6.18.